The molecule has 0 atom stereocenters. The number of nitrogens with two attached hydrogens (primary N) is 1. The van der Waals surface area contributed by atoms with Crippen LogP contribution in [0.1, 0.15) is 16.7 Å². The predicted molar refractivity (Wildman–Crippen MR) is 76.3 cm³/mol. The van der Waals surface area contributed by atoms with Crippen molar-refractivity contribution in [2.45, 2.75) is 13.2 Å². The number of ether oxygens (including phenoxy) is 2. The average molecular weight is 286 g/mol. The number of rotatable bonds is 5. The summed E-state index contributed by atoms with van der Waals surface area (Å²) in [7, 11) is 1.51. The highest BCUT2D eigenvalue weighted by molar-refractivity contribution is 5.45. The fraction of sp³-hybridized carbons (Fsp3) is 0.188. The summed E-state index contributed by atoms with van der Waals surface area (Å²) in [4.78, 5) is 0. The van der Waals surface area contributed by atoms with E-state index in [0.717, 1.165) is 5.56 Å². The van der Waals surface area contributed by atoms with E-state index in [1.54, 1.807) is 24.3 Å². The molecule has 0 saturated heterocycles. The van der Waals surface area contributed by atoms with Crippen LogP contribution in [0.25, 0.3) is 0 Å². The highest BCUT2D eigenvalue weighted by Crippen LogP contribution is 2.23. The number of hydrogen-bond donors (Lipinski definition) is 1. The molecule has 2 rings (SSSR count). The van der Waals surface area contributed by atoms with Crippen LogP contribution in [0.5, 0.6) is 11.5 Å². The molecule has 0 saturated carbocycles. The highest BCUT2D eigenvalue weighted by atomic mass is 19.1. The molecule has 21 heavy (non-hydrogen) atoms. The summed E-state index contributed by atoms with van der Waals surface area (Å²) in [5, 5.41) is 8.93. The van der Waals surface area contributed by atoms with Crippen LogP contribution in [0, 0.1) is 17.1 Å². The van der Waals surface area contributed by atoms with E-state index in [1.165, 1.54) is 19.2 Å². The monoisotopic (exact) mass is 286 g/mol. The first-order chi connectivity index (χ1) is 10.2. The molecule has 0 fully saturated rings. The molecule has 0 heterocycles. The lowest BCUT2D eigenvalue weighted by atomic mass is 10.1. The van der Waals surface area contributed by atoms with Crippen molar-refractivity contribution in [3.63, 3.8) is 0 Å². The van der Waals surface area contributed by atoms with Gasteiger partial charge in [0.05, 0.1) is 12.7 Å². The predicted octanol–water partition coefficient (Wildman–Crippen LogP) is 2.74. The Kier molecular flexibility index (Phi) is 4.75. The number of benzene rings is 2. The lowest BCUT2D eigenvalue weighted by molar-refractivity contribution is 0.301. The number of nitriles is 1. The maximum absolute atomic E-state index is 13.1. The van der Waals surface area contributed by atoms with Crippen molar-refractivity contribution in [2.75, 3.05) is 7.11 Å². The van der Waals surface area contributed by atoms with Crippen LogP contribution in [-0.4, -0.2) is 7.11 Å². The van der Waals surface area contributed by atoms with Gasteiger partial charge in [0, 0.05) is 12.1 Å². The van der Waals surface area contributed by atoms with Gasteiger partial charge in [0.2, 0.25) is 0 Å². The van der Waals surface area contributed by atoms with Crippen molar-refractivity contribution >= 4 is 0 Å². The molecule has 4 nitrogen and oxygen atoms in total. The average Bonchev–Trinajstić information content (AvgIpc) is 2.53. The van der Waals surface area contributed by atoms with Gasteiger partial charge < -0.3 is 15.2 Å². The first-order valence-corrected chi connectivity index (χ1v) is 6.36. The van der Waals surface area contributed by atoms with Gasteiger partial charge in [-0.25, -0.2) is 4.39 Å². The van der Waals surface area contributed by atoms with Crippen LogP contribution >= 0.6 is 0 Å². The molecule has 5 heteroatoms. The van der Waals surface area contributed by atoms with E-state index < -0.39 is 0 Å². The lowest BCUT2D eigenvalue weighted by Gasteiger charge is -2.11. The standard InChI is InChI=1S/C16H15FN2O2/c1-20-16-6-11(2-3-12(16)8-18)10-21-15-5-4-14(17)7-13(15)9-19/h2-7H,9-10,19H2,1H3. The van der Waals surface area contributed by atoms with Crippen LogP contribution in [0.3, 0.4) is 0 Å². The van der Waals surface area contributed by atoms with Crippen molar-refractivity contribution in [3.05, 3.63) is 58.9 Å². The molecule has 0 radical (unpaired) electrons. The zero-order valence-corrected chi connectivity index (χ0v) is 11.6. The van der Waals surface area contributed by atoms with Gasteiger partial charge in [-0.15, -0.1) is 0 Å². The van der Waals surface area contributed by atoms with E-state index in [-0.39, 0.29) is 19.0 Å². The van der Waals surface area contributed by atoms with Crippen molar-refractivity contribution in [2.24, 2.45) is 5.73 Å². The molecule has 0 unspecified atom stereocenters. The molecule has 108 valence electrons. The fourth-order valence-electron chi connectivity index (χ4n) is 1.93. The van der Waals surface area contributed by atoms with E-state index in [9.17, 15) is 4.39 Å². The molecule has 2 N–H and O–H groups in total. The Morgan fingerprint density at radius 2 is 2.00 bits per heavy atom. The minimum Gasteiger partial charge on any atom is -0.495 e. The van der Waals surface area contributed by atoms with Crippen LogP contribution in [0.4, 0.5) is 4.39 Å². The second kappa shape index (κ2) is 6.73. The van der Waals surface area contributed by atoms with E-state index in [4.69, 9.17) is 20.5 Å². The molecule has 2 aromatic carbocycles. The first kappa shape index (κ1) is 14.8. The van der Waals surface area contributed by atoms with E-state index in [1.807, 2.05) is 6.07 Å². The third-order valence-corrected chi connectivity index (χ3v) is 3.02. The Bertz CT molecular complexity index is 680. The molecule has 0 amide bonds. The smallest absolute Gasteiger partial charge is 0.137 e. The lowest BCUT2D eigenvalue weighted by Crippen LogP contribution is -2.03. The summed E-state index contributed by atoms with van der Waals surface area (Å²) in [6.45, 7) is 0.477. The van der Waals surface area contributed by atoms with Gasteiger partial charge in [-0.1, -0.05) is 6.07 Å². The number of nitrogens with zero attached hydrogens (tertiary/aromatic N) is 1. The van der Waals surface area contributed by atoms with E-state index >= 15 is 0 Å². The fourth-order valence-corrected chi connectivity index (χ4v) is 1.93. The van der Waals surface area contributed by atoms with Crippen molar-refractivity contribution in [1.29, 1.82) is 5.26 Å². The number of methoxy groups -OCH3 is 1. The van der Waals surface area contributed by atoms with E-state index in [0.29, 0.717) is 22.6 Å². The molecular weight excluding hydrogens is 271 g/mol. The van der Waals surface area contributed by atoms with Crippen molar-refractivity contribution in [1.82, 2.24) is 0 Å². The molecule has 0 bridgehead atoms. The van der Waals surface area contributed by atoms with Gasteiger partial charge in [0.25, 0.3) is 0 Å². The number of halogens is 1. The van der Waals surface area contributed by atoms with Crippen LogP contribution < -0.4 is 15.2 Å². The summed E-state index contributed by atoms with van der Waals surface area (Å²) in [5.74, 6) is 0.696. The summed E-state index contributed by atoms with van der Waals surface area (Å²) in [6.07, 6.45) is 0. The quantitative estimate of drug-likeness (QED) is 0.917. The maximum atomic E-state index is 13.1. The zero-order chi connectivity index (χ0) is 15.2. The molecule has 0 aliphatic carbocycles. The molecule has 0 aromatic heterocycles. The van der Waals surface area contributed by atoms with Gasteiger partial charge in [0.15, 0.2) is 0 Å². The SMILES string of the molecule is COc1cc(COc2ccc(F)cc2CN)ccc1C#N. The second-order valence-electron chi connectivity index (χ2n) is 4.39. The Labute approximate surface area is 122 Å². The second-order valence-corrected chi connectivity index (χ2v) is 4.39. The van der Waals surface area contributed by atoms with Crippen molar-refractivity contribution in [3.8, 4) is 17.6 Å². The Balaban J connectivity index is 2.15. The molecule has 2 aromatic rings. The normalized spacial score (nSPS) is 10.0. The van der Waals surface area contributed by atoms with Gasteiger partial charge in [0.1, 0.15) is 30.0 Å². The largest absolute Gasteiger partial charge is 0.495 e. The number of hydrogen-bond acceptors (Lipinski definition) is 4. The molecule has 0 spiro atoms. The van der Waals surface area contributed by atoms with Gasteiger partial charge >= 0.3 is 0 Å². The molecule has 0 aliphatic heterocycles. The Morgan fingerprint density at radius 1 is 1.19 bits per heavy atom. The molecule has 0 aliphatic rings. The highest BCUT2D eigenvalue weighted by Gasteiger charge is 2.07. The van der Waals surface area contributed by atoms with E-state index in [2.05, 4.69) is 0 Å². The minimum absolute atomic E-state index is 0.198. The van der Waals surface area contributed by atoms with Crippen molar-refractivity contribution < 1.29 is 13.9 Å². The summed E-state index contributed by atoms with van der Waals surface area (Å²) in [6, 6.07) is 11.5. The summed E-state index contributed by atoms with van der Waals surface area (Å²) < 4.78 is 23.9. The Morgan fingerprint density at radius 3 is 2.67 bits per heavy atom. The third-order valence-electron chi connectivity index (χ3n) is 3.02. The maximum Gasteiger partial charge on any atom is 0.137 e. The summed E-state index contributed by atoms with van der Waals surface area (Å²) in [5.41, 5.74) is 7.49. The molecular formula is C16H15FN2O2. The van der Waals surface area contributed by atoms with Crippen LogP contribution in [0.2, 0.25) is 0 Å². The zero-order valence-electron chi connectivity index (χ0n) is 11.6. The van der Waals surface area contributed by atoms with Gasteiger partial charge in [-0.3, -0.25) is 0 Å². The van der Waals surface area contributed by atoms with Crippen LogP contribution in [-0.2, 0) is 13.2 Å². The van der Waals surface area contributed by atoms with Gasteiger partial charge in [-0.2, -0.15) is 5.26 Å². The summed E-state index contributed by atoms with van der Waals surface area (Å²) >= 11 is 0. The van der Waals surface area contributed by atoms with Crippen LogP contribution in [0.15, 0.2) is 36.4 Å². The third kappa shape index (κ3) is 3.50. The first-order valence-electron chi connectivity index (χ1n) is 6.36. The topological polar surface area (TPSA) is 68.3 Å². The minimum atomic E-state index is -0.345. The van der Waals surface area contributed by atoms with Gasteiger partial charge in [-0.05, 0) is 35.9 Å². The Hall–Kier alpha value is -2.58.